The second-order valence-corrected chi connectivity index (χ2v) is 7.51. The van der Waals surface area contributed by atoms with Gasteiger partial charge in [0.15, 0.2) is 5.78 Å². The van der Waals surface area contributed by atoms with Crippen LogP contribution >= 0.6 is 0 Å². The third kappa shape index (κ3) is 2.73. The van der Waals surface area contributed by atoms with Crippen molar-refractivity contribution in [3.8, 4) is 0 Å². The smallest absolute Gasteiger partial charge is 0.319 e. The van der Waals surface area contributed by atoms with Crippen molar-refractivity contribution in [2.75, 3.05) is 6.54 Å². The predicted octanol–water partition coefficient (Wildman–Crippen LogP) is 3.39. The fourth-order valence-electron chi connectivity index (χ4n) is 4.37. The van der Waals surface area contributed by atoms with Gasteiger partial charge in [0.25, 0.3) is 5.91 Å². The lowest BCUT2D eigenvalue weighted by Gasteiger charge is -2.22. The van der Waals surface area contributed by atoms with E-state index >= 15 is 0 Å². The summed E-state index contributed by atoms with van der Waals surface area (Å²) < 4.78 is 0. The zero-order valence-corrected chi connectivity index (χ0v) is 16.2. The molecule has 0 radical (unpaired) electrons. The van der Waals surface area contributed by atoms with Gasteiger partial charge < -0.3 is 5.32 Å². The summed E-state index contributed by atoms with van der Waals surface area (Å²) >= 11 is 0. The number of urea groups is 1. The molecule has 1 aliphatic carbocycles. The van der Waals surface area contributed by atoms with Crippen molar-refractivity contribution in [1.29, 1.82) is 0 Å². The third-order valence-corrected chi connectivity index (χ3v) is 5.99. The Labute approximate surface area is 164 Å². The van der Waals surface area contributed by atoms with Crippen LogP contribution in [0.1, 0.15) is 52.9 Å². The topological polar surface area (TPSA) is 66.5 Å². The van der Waals surface area contributed by atoms with E-state index in [1.54, 1.807) is 0 Å². The Kier molecular flexibility index (Phi) is 4.53. The summed E-state index contributed by atoms with van der Waals surface area (Å²) in [5.74, 6) is -0.514. The summed E-state index contributed by atoms with van der Waals surface area (Å²) in [4.78, 5) is 40.0. The number of fused-ring (bicyclic) bond motifs is 2. The van der Waals surface area contributed by atoms with Gasteiger partial charge in [-0.2, -0.15) is 0 Å². The Bertz CT molecular complexity index is 982. The monoisotopic (exact) mass is 376 g/mol. The van der Waals surface area contributed by atoms with E-state index in [0.717, 1.165) is 46.4 Å². The molecule has 1 fully saturated rings. The SMILES string of the molecule is CCc1ccc(CC)c(C(=O)CN2C(=O)NC3(CCc4ccccc43)C2=O)c1. The van der Waals surface area contributed by atoms with Gasteiger partial charge in [0.2, 0.25) is 0 Å². The molecule has 1 atom stereocenters. The maximum atomic E-state index is 13.2. The Morgan fingerprint density at radius 1 is 1.11 bits per heavy atom. The van der Waals surface area contributed by atoms with Crippen molar-refractivity contribution in [1.82, 2.24) is 10.2 Å². The first-order valence-electron chi connectivity index (χ1n) is 9.87. The number of imide groups is 1. The minimum absolute atomic E-state index is 0.195. The molecule has 2 aromatic rings. The van der Waals surface area contributed by atoms with Crippen LogP contribution in [0.2, 0.25) is 0 Å². The van der Waals surface area contributed by atoms with E-state index in [-0.39, 0.29) is 18.2 Å². The standard InChI is InChI=1S/C23H24N2O3/c1-3-15-9-10-16(4-2)18(13-15)20(26)14-25-21(27)23(24-22(25)28)12-11-17-7-5-6-8-19(17)23/h5-10,13H,3-4,11-12,14H2,1-2H3,(H,24,28). The van der Waals surface area contributed by atoms with Gasteiger partial charge in [-0.1, -0.05) is 50.2 Å². The number of amides is 3. The average Bonchev–Trinajstić information content (AvgIpc) is 3.20. The lowest BCUT2D eigenvalue weighted by Crippen LogP contribution is -2.42. The third-order valence-electron chi connectivity index (χ3n) is 5.99. The van der Waals surface area contributed by atoms with Crippen LogP contribution < -0.4 is 5.32 Å². The van der Waals surface area contributed by atoms with Gasteiger partial charge in [0.05, 0.1) is 6.54 Å². The number of nitrogens with zero attached hydrogens (tertiary/aromatic N) is 1. The van der Waals surface area contributed by atoms with Gasteiger partial charge in [0.1, 0.15) is 5.54 Å². The number of benzene rings is 2. The highest BCUT2D eigenvalue weighted by Crippen LogP contribution is 2.41. The van der Waals surface area contributed by atoms with Crippen LogP contribution in [0.15, 0.2) is 42.5 Å². The molecule has 1 spiro atoms. The van der Waals surface area contributed by atoms with Crippen molar-refractivity contribution in [2.24, 2.45) is 0 Å². The number of hydrogen-bond acceptors (Lipinski definition) is 3. The molecule has 0 saturated carbocycles. The Morgan fingerprint density at radius 3 is 2.64 bits per heavy atom. The van der Waals surface area contributed by atoms with E-state index in [4.69, 9.17) is 0 Å². The first kappa shape index (κ1) is 18.4. The number of ketones is 1. The number of carbonyl (C=O) groups is 3. The van der Waals surface area contributed by atoms with E-state index in [1.165, 1.54) is 0 Å². The van der Waals surface area contributed by atoms with E-state index in [2.05, 4.69) is 5.32 Å². The summed E-state index contributed by atoms with van der Waals surface area (Å²) in [5.41, 5.74) is 3.52. The summed E-state index contributed by atoms with van der Waals surface area (Å²) in [7, 11) is 0. The highest BCUT2D eigenvalue weighted by Gasteiger charge is 2.55. The lowest BCUT2D eigenvalue weighted by atomic mass is 9.91. The average molecular weight is 376 g/mol. The molecule has 4 rings (SSSR count). The van der Waals surface area contributed by atoms with Gasteiger partial charge in [0, 0.05) is 5.56 Å². The van der Waals surface area contributed by atoms with Gasteiger partial charge in [-0.15, -0.1) is 0 Å². The first-order chi connectivity index (χ1) is 13.5. The quantitative estimate of drug-likeness (QED) is 0.643. The van der Waals surface area contributed by atoms with Gasteiger partial charge in [-0.05, 0) is 54.0 Å². The summed E-state index contributed by atoms with van der Waals surface area (Å²) in [6.45, 7) is 3.80. The molecule has 28 heavy (non-hydrogen) atoms. The largest absolute Gasteiger partial charge is 0.325 e. The molecular weight excluding hydrogens is 352 g/mol. The van der Waals surface area contributed by atoms with Crippen molar-refractivity contribution in [3.63, 3.8) is 0 Å². The lowest BCUT2D eigenvalue weighted by molar-refractivity contribution is -0.131. The molecule has 2 aliphatic rings. The van der Waals surface area contributed by atoms with Gasteiger partial charge in [-0.3, -0.25) is 14.5 Å². The van der Waals surface area contributed by atoms with Gasteiger partial charge in [-0.25, -0.2) is 4.79 Å². The van der Waals surface area contributed by atoms with Crippen LogP contribution in [0.5, 0.6) is 0 Å². The summed E-state index contributed by atoms with van der Waals surface area (Å²) in [6, 6.07) is 13.1. The molecule has 1 unspecified atom stereocenters. The van der Waals surface area contributed by atoms with Gasteiger partial charge >= 0.3 is 6.03 Å². The van der Waals surface area contributed by atoms with Crippen LogP contribution in [0, 0.1) is 0 Å². The number of rotatable bonds is 5. The minimum atomic E-state index is -1.02. The normalized spacial score (nSPS) is 20.6. The maximum Gasteiger partial charge on any atom is 0.325 e. The molecule has 1 aliphatic heterocycles. The number of aryl methyl sites for hydroxylation is 3. The zero-order valence-electron chi connectivity index (χ0n) is 16.2. The van der Waals surface area contributed by atoms with E-state index < -0.39 is 11.6 Å². The van der Waals surface area contributed by atoms with E-state index in [1.807, 2.05) is 56.3 Å². The molecule has 144 valence electrons. The molecule has 5 nitrogen and oxygen atoms in total. The Hall–Kier alpha value is -2.95. The molecule has 5 heteroatoms. The predicted molar refractivity (Wildman–Crippen MR) is 106 cm³/mol. The molecule has 0 bridgehead atoms. The first-order valence-corrected chi connectivity index (χ1v) is 9.87. The van der Waals surface area contributed by atoms with Crippen LogP contribution in [0.4, 0.5) is 4.79 Å². The molecule has 1 heterocycles. The van der Waals surface area contributed by atoms with Crippen molar-refractivity contribution >= 4 is 17.7 Å². The maximum absolute atomic E-state index is 13.2. The molecular formula is C23H24N2O3. The van der Waals surface area contributed by atoms with Crippen molar-refractivity contribution < 1.29 is 14.4 Å². The second kappa shape index (κ2) is 6.89. The Balaban J connectivity index is 1.63. The number of hydrogen-bond donors (Lipinski definition) is 1. The van der Waals surface area contributed by atoms with E-state index in [9.17, 15) is 14.4 Å². The van der Waals surface area contributed by atoms with Crippen LogP contribution in [-0.2, 0) is 29.6 Å². The van der Waals surface area contributed by atoms with Crippen molar-refractivity contribution in [3.05, 3.63) is 70.3 Å². The highest BCUT2D eigenvalue weighted by molar-refractivity contribution is 6.12. The molecule has 2 aromatic carbocycles. The number of carbonyl (C=O) groups excluding carboxylic acids is 3. The summed E-state index contributed by atoms with van der Waals surface area (Å²) in [5, 5.41) is 2.88. The Morgan fingerprint density at radius 2 is 1.89 bits per heavy atom. The number of Topliss-reactive ketones (excluding diaryl/α,β-unsaturated/α-hetero) is 1. The van der Waals surface area contributed by atoms with Crippen LogP contribution in [0.25, 0.3) is 0 Å². The molecule has 0 aromatic heterocycles. The van der Waals surface area contributed by atoms with Crippen molar-refractivity contribution in [2.45, 2.75) is 45.1 Å². The zero-order chi connectivity index (χ0) is 19.9. The molecule has 1 saturated heterocycles. The van der Waals surface area contributed by atoms with Crippen LogP contribution in [0.3, 0.4) is 0 Å². The minimum Gasteiger partial charge on any atom is -0.319 e. The molecule has 3 amide bonds. The number of nitrogens with one attached hydrogen (secondary N) is 1. The second-order valence-electron chi connectivity index (χ2n) is 7.51. The fourth-order valence-corrected chi connectivity index (χ4v) is 4.37. The molecule has 1 N–H and O–H groups in total. The van der Waals surface area contributed by atoms with E-state index in [0.29, 0.717) is 12.0 Å². The van der Waals surface area contributed by atoms with Crippen LogP contribution in [-0.4, -0.2) is 29.2 Å². The highest BCUT2D eigenvalue weighted by atomic mass is 16.2. The fraction of sp³-hybridized carbons (Fsp3) is 0.348. The summed E-state index contributed by atoms with van der Waals surface area (Å²) in [6.07, 6.45) is 2.82.